The topological polar surface area (TPSA) is 0 Å². The Morgan fingerprint density at radius 1 is 0.192 bits per heavy atom. The molecule has 8 aliphatic carbocycles. The van der Waals surface area contributed by atoms with Gasteiger partial charge < -0.3 is 0 Å². The number of rotatable bonds is 43. The summed E-state index contributed by atoms with van der Waals surface area (Å²) in [6.45, 7) is 33.5. The number of fused-ring (bicyclic) bond motifs is 16. The Balaban J connectivity index is 0.000000128. The number of aryl methyl sites for hydroxylation is 21. The van der Waals surface area contributed by atoms with Gasteiger partial charge in [-0.2, -0.15) is 0 Å². The molecule has 22 rings (SSSR count). The Bertz CT molecular complexity index is 6620. The van der Waals surface area contributed by atoms with E-state index >= 15 is 0 Å². The molecular weight excluding hydrogens is 1750 g/mol. The Morgan fingerprint density at radius 3 is 0.712 bits per heavy atom. The molecule has 14 aromatic rings. The molecule has 0 heteroatoms. The third kappa shape index (κ3) is 22.0. The van der Waals surface area contributed by atoms with Crippen LogP contribution in [-0.4, -0.2) is 0 Å². The molecule has 0 bridgehead atoms. The van der Waals surface area contributed by atoms with Gasteiger partial charge in [0.25, 0.3) is 0 Å². The number of allylic oxidation sites excluding steroid dienone is 4. The molecule has 14 aromatic carbocycles. The van der Waals surface area contributed by atoms with Crippen molar-refractivity contribution < 1.29 is 0 Å². The van der Waals surface area contributed by atoms with Gasteiger partial charge in [-0.15, -0.1) is 26.3 Å². The van der Waals surface area contributed by atoms with E-state index in [1.807, 2.05) is 12.2 Å². The highest BCUT2D eigenvalue weighted by atomic mass is 14.5. The molecule has 0 saturated heterocycles. The number of hydrogen-bond donors (Lipinski definition) is 0. The summed E-state index contributed by atoms with van der Waals surface area (Å²) in [5.41, 5.74) is 59.0. The summed E-state index contributed by atoms with van der Waals surface area (Å²) in [7, 11) is 0. The number of benzene rings is 14. The lowest BCUT2D eigenvalue weighted by molar-refractivity contribution is 0.399. The minimum Gasteiger partial charge on any atom is -0.103 e. The van der Waals surface area contributed by atoms with E-state index in [1.165, 1.54) is 369 Å². The number of hydrogen-bond acceptors (Lipinski definition) is 0. The Kier molecular flexibility index (Phi) is 33.8. The van der Waals surface area contributed by atoms with E-state index in [9.17, 15) is 0 Å². The predicted octanol–water partition coefficient (Wildman–Crippen LogP) is 38.9. The average Bonchev–Trinajstić information content (AvgIpc) is 1.54. The smallest absolute Gasteiger partial charge is 0.0713 e. The molecule has 0 aliphatic heterocycles. The third-order valence-corrected chi connectivity index (χ3v) is 35.2. The maximum Gasteiger partial charge on any atom is 0.0713 e. The van der Waals surface area contributed by atoms with Crippen LogP contribution >= 0.6 is 0 Å². The zero-order chi connectivity index (χ0) is 100. The van der Waals surface area contributed by atoms with Crippen LogP contribution < -0.4 is 0 Å². The summed E-state index contributed by atoms with van der Waals surface area (Å²) in [6.07, 6.45) is 59.7. The lowest BCUT2D eigenvalue weighted by atomic mass is 9.67. The second-order valence-corrected chi connectivity index (χ2v) is 45.4. The van der Waals surface area contributed by atoms with Crippen LogP contribution in [0.3, 0.4) is 0 Å². The van der Waals surface area contributed by atoms with Gasteiger partial charge in [-0.1, -0.05) is 433 Å². The molecule has 0 radical (unpaired) electrons. The van der Waals surface area contributed by atoms with Crippen molar-refractivity contribution in [3.05, 3.63) is 496 Å². The average molecular weight is 1920 g/mol. The highest BCUT2D eigenvalue weighted by Gasteiger charge is 2.49. The molecule has 0 N–H and O–H groups in total. The van der Waals surface area contributed by atoms with Gasteiger partial charge in [0.2, 0.25) is 0 Å². The normalized spacial score (nSPS) is 14.4. The summed E-state index contributed by atoms with van der Waals surface area (Å²) >= 11 is 0. The van der Waals surface area contributed by atoms with Gasteiger partial charge >= 0.3 is 0 Å². The summed E-state index contributed by atoms with van der Waals surface area (Å²) in [4.78, 5) is 0. The third-order valence-electron chi connectivity index (χ3n) is 35.2. The van der Waals surface area contributed by atoms with Crippen LogP contribution in [0.25, 0.3) is 44.5 Å². The second-order valence-electron chi connectivity index (χ2n) is 45.4. The van der Waals surface area contributed by atoms with Gasteiger partial charge in [-0.3, -0.25) is 0 Å². The molecule has 0 aromatic heterocycles. The SMILES string of the molecule is C.C=CCCCCCCC1(CCCCCCC=C)c2cc(C)ccc2-c2ccc(C)cc21.C=CCCc1ccc(C2(c3ccc(CCC=C)cc3)c3cc(C)ccc3-c3ccc(C)cc32)cc1.Cc1ccc2c(c1)C(CCCCCCc1ccc3c(c1)CC3)(CCCCCCc1ccc3c(c1)CC3)c1cc(C)ccc1-2.Cc1ccc2c(c1)C(CCCCCc1ccc3c(c1)CC3)(c1ccc3c(c1)CC3)c1cc(C)ccc1-2. The summed E-state index contributed by atoms with van der Waals surface area (Å²) < 4.78 is 0. The highest BCUT2D eigenvalue weighted by Crippen LogP contribution is 2.61. The van der Waals surface area contributed by atoms with Crippen LogP contribution in [0.1, 0.15) is 365 Å². The van der Waals surface area contributed by atoms with Gasteiger partial charge in [0, 0.05) is 16.2 Å². The van der Waals surface area contributed by atoms with Crippen LogP contribution in [0.15, 0.2) is 318 Å². The zero-order valence-corrected chi connectivity index (χ0v) is 89.5. The molecule has 0 atom stereocenters. The fourth-order valence-corrected chi connectivity index (χ4v) is 26.8. The maximum absolute atomic E-state index is 3.89. The van der Waals surface area contributed by atoms with Crippen molar-refractivity contribution >= 4 is 0 Å². The Hall–Kier alpha value is -12.0. The summed E-state index contributed by atoms with van der Waals surface area (Å²) in [5.74, 6) is 0. The van der Waals surface area contributed by atoms with Crippen molar-refractivity contribution in [1.29, 1.82) is 0 Å². The van der Waals surface area contributed by atoms with E-state index in [1.54, 1.807) is 77.9 Å². The maximum atomic E-state index is 3.89. The zero-order valence-electron chi connectivity index (χ0n) is 89.5. The molecule has 0 saturated carbocycles. The molecule has 8 aliphatic rings. The molecule has 0 fully saturated rings. The number of unbranched alkanes of at least 4 members (excludes halogenated alkanes) is 16. The quantitative estimate of drug-likeness (QED) is 0.0264. The molecule has 0 nitrogen and oxygen atoms in total. The lowest BCUT2D eigenvalue weighted by Crippen LogP contribution is -2.29. The molecule has 0 heterocycles. The minimum absolute atomic E-state index is 0. The molecule has 0 amide bonds. The molecule has 146 heavy (non-hydrogen) atoms. The highest BCUT2D eigenvalue weighted by molar-refractivity contribution is 5.89. The fourth-order valence-electron chi connectivity index (χ4n) is 26.8. The monoisotopic (exact) mass is 1920 g/mol. The first-order chi connectivity index (χ1) is 70.9. The fraction of sp³-hybridized carbons (Fsp3) is 0.370. The van der Waals surface area contributed by atoms with Gasteiger partial charge in [-0.25, -0.2) is 0 Å². The Labute approximate surface area is 881 Å². The van der Waals surface area contributed by atoms with E-state index in [0.29, 0.717) is 0 Å². The standard InChI is InChI=1S/C43H50.C36H36.C35H34.C31H42.CH4/c1-31-13-23-39-40-24-14-32(2)28-42(40)43(41(39)27-31,25-9-5-3-7-11-33-15-17-35-19-21-37(35)29-33)26-10-6-4-8-12-34-16-18-36-20-22-38(36)30-34;1-24-7-17-32-33-18-8-25(2)21-35(33)36(34(32)20-24,31-16-15-28-12-14-30(28)23-31)19-5-3-4-6-26-9-10-27-11-13-29(27)22-26;1-5-7-9-27-13-17-29(18-14-27)35(30-19-15-28(16-20-30)10-8-6-2)33-23-25(3)11-21-31(33)32-22-12-26(4)24-34(32)35;1-5-7-9-11-13-15-21-31(22-16-14-12-10-8-6-2)29-23-25(3)17-19-27(29)28-20-18-26(4)24-30(28)31;/h13-18,23-24,27-30H,3-12,19-22,25-26H2,1-2H3;7-10,15-18,20-23H,3-6,11-14,19H2,1-2H3;5-6,11-24H,1-2,7-10H2,3-4H3;5-6,17-20,23-24H,1-2,7-16,21-22H2,3-4H3;1H4. The van der Waals surface area contributed by atoms with Crippen molar-refractivity contribution in [2.45, 2.75) is 348 Å². The second kappa shape index (κ2) is 47.5. The summed E-state index contributed by atoms with van der Waals surface area (Å²) in [5, 5.41) is 0. The first kappa shape index (κ1) is 104. The first-order valence-corrected chi connectivity index (χ1v) is 56.9. The Morgan fingerprint density at radius 2 is 0.425 bits per heavy atom. The van der Waals surface area contributed by atoms with E-state index in [-0.39, 0.29) is 29.1 Å². The molecule has 750 valence electrons. The first-order valence-electron chi connectivity index (χ1n) is 56.9. The van der Waals surface area contributed by atoms with Crippen LogP contribution in [0.5, 0.6) is 0 Å². The van der Waals surface area contributed by atoms with Crippen molar-refractivity contribution in [2.24, 2.45) is 0 Å². The van der Waals surface area contributed by atoms with Gasteiger partial charge in [0.1, 0.15) is 0 Å². The lowest BCUT2D eigenvalue weighted by Gasteiger charge is -2.35. The van der Waals surface area contributed by atoms with Crippen LogP contribution in [0.4, 0.5) is 0 Å². The van der Waals surface area contributed by atoms with Crippen molar-refractivity contribution in [3.8, 4) is 44.5 Å². The summed E-state index contributed by atoms with van der Waals surface area (Å²) in [6, 6.07) is 105. The van der Waals surface area contributed by atoms with Gasteiger partial charge in [0.05, 0.1) is 5.41 Å². The van der Waals surface area contributed by atoms with Crippen molar-refractivity contribution in [2.75, 3.05) is 0 Å². The minimum atomic E-state index is -0.337. The van der Waals surface area contributed by atoms with Gasteiger partial charge in [0.15, 0.2) is 0 Å². The largest absolute Gasteiger partial charge is 0.103 e. The molecular formula is C146H166. The van der Waals surface area contributed by atoms with E-state index in [2.05, 4.69) is 361 Å². The van der Waals surface area contributed by atoms with Crippen LogP contribution in [0, 0.1) is 55.4 Å². The van der Waals surface area contributed by atoms with Crippen molar-refractivity contribution in [1.82, 2.24) is 0 Å². The predicted molar refractivity (Wildman–Crippen MR) is 629 cm³/mol. The molecule has 0 spiro atoms. The van der Waals surface area contributed by atoms with E-state index < -0.39 is 0 Å². The van der Waals surface area contributed by atoms with Gasteiger partial charge in [-0.05, 0) is 407 Å². The van der Waals surface area contributed by atoms with Crippen molar-refractivity contribution in [3.63, 3.8) is 0 Å². The van der Waals surface area contributed by atoms with Crippen LogP contribution in [-0.2, 0) is 105 Å². The molecule has 0 unspecified atom stereocenters. The van der Waals surface area contributed by atoms with Crippen LogP contribution in [0.2, 0.25) is 0 Å². The van der Waals surface area contributed by atoms with E-state index in [4.69, 9.17) is 0 Å². The van der Waals surface area contributed by atoms with E-state index in [0.717, 1.165) is 38.5 Å².